The van der Waals surface area contributed by atoms with E-state index in [1.165, 1.54) is 38.4 Å². The number of anilines is 1. The van der Waals surface area contributed by atoms with Crippen LogP contribution in [0.3, 0.4) is 0 Å². The van der Waals surface area contributed by atoms with E-state index < -0.39 is 10.0 Å². The minimum Gasteiger partial charge on any atom is -0.326 e. The van der Waals surface area contributed by atoms with Gasteiger partial charge in [-0.1, -0.05) is 17.3 Å². The SMILES string of the molecule is CN(C)S(=O)(=O)c1ccc(NC(=O)CCn2nnc3ccccc3c2=O)cc1. The first-order chi connectivity index (χ1) is 13.3. The molecule has 3 rings (SSSR count). The molecule has 3 aromatic rings. The predicted octanol–water partition coefficient (Wildman–Crippen LogP) is 1.07. The highest BCUT2D eigenvalue weighted by Crippen LogP contribution is 2.16. The van der Waals surface area contributed by atoms with Crippen molar-refractivity contribution in [2.75, 3.05) is 19.4 Å². The standard InChI is InChI=1S/C18H19N5O4S/c1-22(2)28(26,27)14-9-7-13(8-10-14)19-17(24)11-12-23-18(25)15-5-3-4-6-16(15)20-21-23/h3-10H,11-12H2,1-2H3,(H,19,24). The van der Waals surface area contributed by atoms with Crippen LogP contribution in [-0.4, -0.2) is 47.7 Å². The van der Waals surface area contributed by atoms with E-state index in [-0.39, 0.29) is 29.3 Å². The lowest BCUT2D eigenvalue weighted by atomic mass is 10.2. The summed E-state index contributed by atoms with van der Waals surface area (Å²) >= 11 is 0. The molecule has 1 N–H and O–H groups in total. The molecular weight excluding hydrogens is 382 g/mol. The van der Waals surface area contributed by atoms with Crippen molar-refractivity contribution >= 4 is 32.5 Å². The number of sulfonamides is 1. The van der Waals surface area contributed by atoms with E-state index in [9.17, 15) is 18.0 Å². The monoisotopic (exact) mass is 401 g/mol. The molecule has 0 radical (unpaired) electrons. The Labute approximate surface area is 161 Å². The van der Waals surface area contributed by atoms with Crippen LogP contribution in [0.1, 0.15) is 6.42 Å². The highest BCUT2D eigenvalue weighted by Gasteiger charge is 2.16. The van der Waals surface area contributed by atoms with Crippen molar-refractivity contribution in [1.82, 2.24) is 19.3 Å². The average Bonchev–Trinajstić information content (AvgIpc) is 2.68. The number of nitrogens with zero attached hydrogens (tertiary/aromatic N) is 4. The van der Waals surface area contributed by atoms with Crippen LogP contribution < -0.4 is 10.9 Å². The van der Waals surface area contributed by atoms with E-state index in [1.807, 2.05) is 0 Å². The molecule has 0 saturated carbocycles. The maximum Gasteiger partial charge on any atom is 0.277 e. The van der Waals surface area contributed by atoms with Crippen molar-refractivity contribution in [2.45, 2.75) is 17.9 Å². The number of amides is 1. The van der Waals surface area contributed by atoms with E-state index in [4.69, 9.17) is 0 Å². The molecule has 1 amide bonds. The molecule has 0 aliphatic heterocycles. The number of aryl methyl sites for hydroxylation is 1. The van der Waals surface area contributed by atoms with Gasteiger partial charge in [0.05, 0.1) is 16.8 Å². The number of hydrogen-bond donors (Lipinski definition) is 1. The minimum absolute atomic E-state index is 0.0185. The number of hydrogen-bond acceptors (Lipinski definition) is 6. The van der Waals surface area contributed by atoms with E-state index >= 15 is 0 Å². The lowest BCUT2D eigenvalue weighted by Crippen LogP contribution is -2.26. The third-order valence-electron chi connectivity index (χ3n) is 4.10. The minimum atomic E-state index is -3.52. The summed E-state index contributed by atoms with van der Waals surface area (Å²) in [6, 6.07) is 12.7. The smallest absolute Gasteiger partial charge is 0.277 e. The zero-order valence-electron chi connectivity index (χ0n) is 15.4. The van der Waals surface area contributed by atoms with Crippen LogP contribution in [0.5, 0.6) is 0 Å². The van der Waals surface area contributed by atoms with Gasteiger partial charge in [-0.15, -0.1) is 5.10 Å². The number of benzene rings is 2. The van der Waals surface area contributed by atoms with Gasteiger partial charge in [0, 0.05) is 26.2 Å². The molecule has 1 heterocycles. The summed E-state index contributed by atoms with van der Waals surface area (Å²) in [4.78, 5) is 24.6. The highest BCUT2D eigenvalue weighted by molar-refractivity contribution is 7.89. The van der Waals surface area contributed by atoms with Crippen LogP contribution >= 0.6 is 0 Å². The van der Waals surface area contributed by atoms with Gasteiger partial charge < -0.3 is 5.32 Å². The molecule has 0 unspecified atom stereocenters. The Bertz CT molecular complexity index is 1170. The Morgan fingerprint density at radius 2 is 1.79 bits per heavy atom. The number of carbonyl (C=O) groups excluding carboxylic acids is 1. The van der Waals surface area contributed by atoms with Crippen molar-refractivity contribution in [2.24, 2.45) is 0 Å². The van der Waals surface area contributed by atoms with Gasteiger partial charge in [0.25, 0.3) is 5.56 Å². The second-order valence-electron chi connectivity index (χ2n) is 6.24. The summed E-state index contributed by atoms with van der Waals surface area (Å²) < 4.78 is 26.3. The largest absolute Gasteiger partial charge is 0.326 e. The number of carbonyl (C=O) groups is 1. The number of nitrogens with one attached hydrogen (secondary N) is 1. The molecule has 2 aromatic carbocycles. The Hall–Kier alpha value is -3.11. The number of aromatic nitrogens is 3. The van der Waals surface area contributed by atoms with Gasteiger partial charge >= 0.3 is 0 Å². The van der Waals surface area contributed by atoms with Crippen LogP contribution in [-0.2, 0) is 21.4 Å². The van der Waals surface area contributed by atoms with Crippen molar-refractivity contribution in [1.29, 1.82) is 0 Å². The third kappa shape index (κ3) is 4.07. The van der Waals surface area contributed by atoms with E-state index in [2.05, 4.69) is 15.6 Å². The van der Waals surface area contributed by atoms with Crippen LogP contribution in [0, 0.1) is 0 Å². The lowest BCUT2D eigenvalue weighted by molar-refractivity contribution is -0.116. The molecule has 1 aromatic heterocycles. The summed E-state index contributed by atoms with van der Waals surface area (Å²) in [6.07, 6.45) is 0.0185. The van der Waals surface area contributed by atoms with E-state index in [1.54, 1.807) is 24.3 Å². The first-order valence-electron chi connectivity index (χ1n) is 8.44. The topological polar surface area (TPSA) is 114 Å². The number of fused-ring (bicyclic) bond motifs is 1. The van der Waals surface area contributed by atoms with Gasteiger partial charge in [0.2, 0.25) is 15.9 Å². The zero-order valence-corrected chi connectivity index (χ0v) is 16.2. The molecule has 9 nitrogen and oxygen atoms in total. The van der Waals surface area contributed by atoms with Crippen molar-refractivity contribution in [3.05, 3.63) is 58.9 Å². The Morgan fingerprint density at radius 1 is 1.11 bits per heavy atom. The number of rotatable bonds is 6. The van der Waals surface area contributed by atoms with E-state index in [0.29, 0.717) is 16.6 Å². The van der Waals surface area contributed by atoms with Crippen molar-refractivity contribution in [3.8, 4) is 0 Å². The molecular formula is C18H19N5O4S. The summed E-state index contributed by atoms with van der Waals surface area (Å²) in [5.41, 5.74) is 0.650. The molecule has 0 saturated heterocycles. The summed E-state index contributed by atoms with van der Waals surface area (Å²) in [5.74, 6) is -0.329. The zero-order chi connectivity index (χ0) is 20.3. The van der Waals surface area contributed by atoms with Crippen LogP contribution in [0.25, 0.3) is 10.9 Å². The second kappa shape index (κ2) is 7.87. The molecule has 28 heavy (non-hydrogen) atoms. The van der Waals surface area contributed by atoms with Crippen LogP contribution in [0.15, 0.2) is 58.2 Å². The van der Waals surface area contributed by atoms with Gasteiger partial charge in [-0.05, 0) is 36.4 Å². The normalized spacial score (nSPS) is 11.7. The molecule has 146 valence electrons. The quantitative estimate of drug-likeness (QED) is 0.661. The van der Waals surface area contributed by atoms with Gasteiger partial charge in [-0.2, -0.15) is 0 Å². The van der Waals surface area contributed by atoms with Gasteiger partial charge in [-0.25, -0.2) is 17.4 Å². The van der Waals surface area contributed by atoms with Crippen LogP contribution in [0.2, 0.25) is 0 Å². The molecule has 0 spiro atoms. The highest BCUT2D eigenvalue weighted by atomic mass is 32.2. The van der Waals surface area contributed by atoms with Gasteiger partial charge in [0.15, 0.2) is 0 Å². The average molecular weight is 401 g/mol. The fourth-order valence-corrected chi connectivity index (χ4v) is 3.42. The molecule has 10 heteroatoms. The van der Waals surface area contributed by atoms with Gasteiger partial charge in [-0.3, -0.25) is 9.59 Å². The second-order valence-corrected chi connectivity index (χ2v) is 8.40. The fourth-order valence-electron chi connectivity index (χ4n) is 2.52. The molecule has 0 aliphatic carbocycles. The van der Waals surface area contributed by atoms with Crippen molar-refractivity contribution in [3.63, 3.8) is 0 Å². The summed E-state index contributed by atoms with van der Waals surface area (Å²) in [5, 5.41) is 10.9. The third-order valence-corrected chi connectivity index (χ3v) is 5.93. The molecule has 0 atom stereocenters. The first kappa shape index (κ1) is 19.6. The maximum atomic E-state index is 12.4. The van der Waals surface area contributed by atoms with E-state index in [0.717, 1.165) is 8.99 Å². The van der Waals surface area contributed by atoms with Crippen molar-refractivity contribution < 1.29 is 13.2 Å². The lowest BCUT2D eigenvalue weighted by Gasteiger charge is -2.12. The Kier molecular flexibility index (Phi) is 5.52. The Balaban J connectivity index is 1.65. The summed E-state index contributed by atoms with van der Waals surface area (Å²) in [6.45, 7) is 0.0790. The van der Waals surface area contributed by atoms with Crippen LogP contribution in [0.4, 0.5) is 5.69 Å². The first-order valence-corrected chi connectivity index (χ1v) is 9.88. The fraction of sp³-hybridized carbons (Fsp3) is 0.222. The molecule has 0 aliphatic rings. The molecule has 0 bridgehead atoms. The summed E-state index contributed by atoms with van der Waals surface area (Å²) in [7, 11) is -0.630. The maximum absolute atomic E-state index is 12.4. The molecule has 0 fully saturated rings. The van der Waals surface area contributed by atoms with Gasteiger partial charge in [0.1, 0.15) is 5.52 Å². The predicted molar refractivity (Wildman–Crippen MR) is 104 cm³/mol. The Morgan fingerprint density at radius 3 is 2.46 bits per heavy atom.